The topological polar surface area (TPSA) is 69.5 Å². The molecule has 1 aromatic rings. The second-order valence-corrected chi connectivity index (χ2v) is 5.53. The quantitative estimate of drug-likeness (QED) is 0.804. The lowest BCUT2D eigenvalue weighted by Crippen LogP contribution is -2.37. The van der Waals surface area contributed by atoms with Crippen LogP contribution in [-0.2, 0) is 0 Å². The van der Waals surface area contributed by atoms with Crippen molar-refractivity contribution >= 4 is 5.82 Å². The molecule has 0 fully saturated rings. The van der Waals surface area contributed by atoms with Crippen LogP contribution in [0.4, 0.5) is 19.0 Å². The zero-order valence-corrected chi connectivity index (χ0v) is 12.9. The minimum Gasteiger partial charge on any atom is -0.394 e. The van der Waals surface area contributed by atoms with E-state index in [2.05, 4.69) is 9.97 Å². The van der Waals surface area contributed by atoms with Crippen LogP contribution >= 0.6 is 0 Å². The number of hydrogen-bond donors (Lipinski definition) is 2. The van der Waals surface area contributed by atoms with Gasteiger partial charge in [-0.15, -0.1) is 0 Å². The van der Waals surface area contributed by atoms with Crippen LogP contribution in [-0.4, -0.2) is 52.2 Å². The summed E-state index contributed by atoms with van der Waals surface area (Å²) in [7, 11) is 0. The molecule has 0 bridgehead atoms. The van der Waals surface area contributed by atoms with Crippen molar-refractivity contribution in [1.82, 2.24) is 9.97 Å². The first-order chi connectivity index (χ1) is 10.1. The molecule has 0 amide bonds. The van der Waals surface area contributed by atoms with Gasteiger partial charge >= 0.3 is 6.18 Å². The molecule has 0 spiro atoms. The molecule has 2 N–H and O–H groups in total. The number of nitrogens with zero attached hydrogens (tertiary/aromatic N) is 3. The lowest BCUT2D eigenvalue weighted by atomic mass is 10.2. The maximum Gasteiger partial charge on any atom is 0.390 e. The van der Waals surface area contributed by atoms with Gasteiger partial charge in [0.1, 0.15) is 11.6 Å². The minimum absolute atomic E-state index is 0.0332. The van der Waals surface area contributed by atoms with Crippen LogP contribution in [0.25, 0.3) is 0 Å². The number of aryl methyl sites for hydroxylation is 1. The van der Waals surface area contributed by atoms with Gasteiger partial charge < -0.3 is 15.1 Å². The molecule has 0 unspecified atom stereocenters. The van der Waals surface area contributed by atoms with Crippen molar-refractivity contribution in [2.75, 3.05) is 24.6 Å². The predicted octanol–water partition coefficient (Wildman–Crippen LogP) is 2.02. The van der Waals surface area contributed by atoms with Crippen LogP contribution in [0.15, 0.2) is 6.07 Å². The van der Waals surface area contributed by atoms with Crippen molar-refractivity contribution in [3.8, 4) is 0 Å². The van der Waals surface area contributed by atoms with Gasteiger partial charge in [-0.2, -0.15) is 13.2 Å². The highest BCUT2D eigenvalue weighted by Crippen LogP contribution is 2.23. The van der Waals surface area contributed by atoms with E-state index in [1.807, 2.05) is 13.8 Å². The Morgan fingerprint density at radius 2 is 1.91 bits per heavy atom. The van der Waals surface area contributed by atoms with E-state index >= 15 is 0 Å². The summed E-state index contributed by atoms with van der Waals surface area (Å²) in [5.41, 5.74) is 0.643. The fourth-order valence-electron chi connectivity index (χ4n) is 1.87. The van der Waals surface area contributed by atoms with Gasteiger partial charge in [-0.05, 0) is 6.92 Å². The average molecular weight is 321 g/mol. The van der Waals surface area contributed by atoms with Crippen molar-refractivity contribution < 1.29 is 23.4 Å². The third-order valence-electron chi connectivity index (χ3n) is 3.01. The Kier molecular flexibility index (Phi) is 6.55. The second kappa shape index (κ2) is 7.73. The molecule has 5 nitrogen and oxygen atoms in total. The summed E-state index contributed by atoms with van der Waals surface area (Å²) in [4.78, 5) is 9.86. The zero-order chi connectivity index (χ0) is 16.9. The standard InChI is InChI=1S/C14H22F3N3O2/c1-9(2)13-18-10(3)6-12(19-13)20(7-11(22)8-21)5-4-14(15,16)17/h6,9,11,21-22H,4-5,7-8H2,1-3H3/t11-/m0/s1. The summed E-state index contributed by atoms with van der Waals surface area (Å²) in [5, 5.41) is 18.5. The van der Waals surface area contributed by atoms with E-state index in [-0.39, 0.29) is 19.0 Å². The van der Waals surface area contributed by atoms with Gasteiger partial charge in [0.15, 0.2) is 0 Å². The zero-order valence-electron chi connectivity index (χ0n) is 12.9. The van der Waals surface area contributed by atoms with Crippen LogP contribution < -0.4 is 4.90 Å². The molecule has 0 aromatic carbocycles. The largest absolute Gasteiger partial charge is 0.394 e. The monoisotopic (exact) mass is 321 g/mol. The summed E-state index contributed by atoms with van der Waals surface area (Å²) in [6, 6.07) is 1.58. The summed E-state index contributed by atoms with van der Waals surface area (Å²) in [6.45, 7) is 4.53. The van der Waals surface area contributed by atoms with Crippen LogP contribution in [0.2, 0.25) is 0 Å². The number of hydrogen-bond acceptors (Lipinski definition) is 5. The van der Waals surface area contributed by atoms with Gasteiger partial charge in [0.05, 0.1) is 19.1 Å². The summed E-state index contributed by atoms with van der Waals surface area (Å²) in [6.07, 6.45) is -6.46. The van der Waals surface area contributed by atoms with Gasteiger partial charge in [0.25, 0.3) is 0 Å². The van der Waals surface area contributed by atoms with Gasteiger partial charge in [0.2, 0.25) is 0 Å². The fourth-order valence-corrected chi connectivity index (χ4v) is 1.87. The third-order valence-corrected chi connectivity index (χ3v) is 3.01. The molecule has 0 saturated carbocycles. The molecule has 0 aliphatic rings. The van der Waals surface area contributed by atoms with Crippen molar-refractivity contribution in [2.45, 2.75) is 45.4 Å². The highest BCUT2D eigenvalue weighted by atomic mass is 19.4. The molecule has 126 valence electrons. The number of halogens is 3. The summed E-state index contributed by atoms with van der Waals surface area (Å²) in [5.74, 6) is 0.893. The van der Waals surface area contributed by atoms with Gasteiger partial charge in [0, 0.05) is 30.8 Å². The van der Waals surface area contributed by atoms with Crippen molar-refractivity contribution in [3.63, 3.8) is 0 Å². The Morgan fingerprint density at radius 3 is 2.41 bits per heavy atom. The first-order valence-corrected chi connectivity index (χ1v) is 7.08. The molecule has 22 heavy (non-hydrogen) atoms. The third kappa shape index (κ3) is 6.15. The molecule has 0 aliphatic carbocycles. The maximum atomic E-state index is 12.5. The number of aliphatic hydroxyl groups excluding tert-OH is 2. The lowest BCUT2D eigenvalue weighted by molar-refractivity contribution is -0.132. The van der Waals surface area contributed by atoms with E-state index in [1.54, 1.807) is 13.0 Å². The van der Waals surface area contributed by atoms with Crippen molar-refractivity contribution in [1.29, 1.82) is 0 Å². The molecular weight excluding hydrogens is 299 g/mol. The molecule has 0 aliphatic heterocycles. The van der Waals surface area contributed by atoms with E-state index in [4.69, 9.17) is 5.11 Å². The molecule has 8 heteroatoms. The maximum absolute atomic E-state index is 12.5. The van der Waals surface area contributed by atoms with Crippen LogP contribution in [0.1, 0.15) is 37.7 Å². The smallest absolute Gasteiger partial charge is 0.390 e. The predicted molar refractivity (Wildman–Crippen MR) is 76.8 cm³/mol. The molecule has 1 rings (SSSR count). The second-order valence-electron chi connectivity index (χ2n) is 5.53. The highest BCUT2D eigenvalue weighted by molar-refractivity contribution is 5.40. The van der Waals surface area contributed by atoms with Crippen LogP contribution in [0.3, 0.4) is 0 Å². The van der Waals surface area contributed by atoms with Crippen molar-refractivity contribution in [2.24, 2.45) is 0 Å². The number of aromatic nitrogens is 2. The Hall–Kier alpha value is -1.41. The number of rotatable bonds is 7. The van der Waals surface area contributed by atoms with E-state index in [9.17, 15) is 18.3 Å². The van der Waals surface area contributed by atoms with Gasteiger partial charge in [-0.25, -0.2) is 9.97 Å². The van der Waals surface area contributed by atoms with E-state index in [0.29, 0.717) is 17.3 Å². The highest BCUT2D eigenvalue weighted by Gasteiger charge is 2.29. The molecular formula is C14H22F3N3O2. The van der Waals surface area contributed by atoms with E-state index < -0.39 is 25.3 Å². The van der Waals surface area contributed by atoms with Crippen LogP contribution in [0, 0.1) is 6.92 Å². The molecule has 0 saturated heterocycles. The van der Waals surface area contributed by atoms with Crippen molar-refractivity contribution in [3.05, 3.63) is 17.6 Å². The number of aliphatic hydroxyl groups is 2. The van der Waals surface area contributed by atoms with Gasteiger partial charge in [-0.1, -0.05) is 13.8 Å². The Balaban J connectivity index is 3.03. The lowest BCUT2D eigenvalue weighted by Gasteiger charge is -2.27. The molecule has 0 radical (unpaired) electrons. The van der Waals surface area contributed by atoms with Crippen LogP contribution in [0.5, 0.6) is 0 Å². The Labute approximate surface area is 127 Å². The average Bonchev–Trinajstić information content (AvgIpc) is 2.41. The van der Waals surface area contributed by atoms with E-state index in [1.165, 1.54) is 4.90 Å². The number of alkyl halides is 3. The fraction of sp³-hybridized carbons (Fsp3) is 0.714. The molecule has 1 heterocycles. The van der Waals surface area contributed by atoms with Gasteiger partial charge in [-0.3, -0.25) is 0 Å². The number of anilines is 1. The minimum atomic E-state index is -4.30. The molecule has 1 atom stereocenters. The SMILES string of the molecule is Cc1cc(N(CCC(F)(F)F)C[C@H](O)CO)nc(C(C)C)n1. The Morgan fingerprint density at radius 1 is 1.27 bits per heavy atom. The first-order valence-electron chi connectivity index (χ1n) is 7.08. The molecule has 1 aromatic heterocycles. The summed E-state index contributed by atoms with van der Waals surface area (Å²) >= 11 is 0. The summed E-state index contributed by atoms with van der Waals surface area (Å²) < 4.78 is 37.4. The normalized spacial score (nSPS) is 13.5. The van der Waals surface area contributed by atoms with E-state index in [0.717, 1.165) is 0 Å². The Bertz CT molecular complexity index is 481. The first kappa shape index (κ1) is 18.6.